The first-order valence-electron chi connectivity index (χ1n) is 10.4. The van der Waals surface area contributed by atoms with Crippen LogP contribution in [0, 0.1) is 0 Å². The zero-order valence-electron chi connectivity index (χ0n) is 17.5. The van der Waals surface area contributed by atoms with Gasteiger partial charge in [-0.05, 0) is 62.2 Å². The summed E-state index contributed by atoms with van der Waals surface area (Å²) in [7, 11) is 0. The van der Waals surface area contributed by atoms with Gasteiger partial charge in [-0.25, -0.2) is 0 Å². The molecule has 0 spiro atoms. The van der Waals surface area contributed by atoms with Crippen LogP contribution in [0.25, 0.3) is 0 Å². The molecule has 4 N–H and O–H groups in total. The highest BCUT2D eigenvalue weighted by molar-refractivity contribution is 6.03. The number of nitrogens with one attached hydrogen (secondary N) is 4. The van der Waals surface area contributed by atoms with Crippen molar-refractivity contribution in [1.29, 1.82) is 0 Å². The topological polar surface area (TPSA) is 94.6 Å². The highest BCUT2D eigenvalue weighted by atomic mass is 16.2. The van der Waals surface area contributed by atoms with Crippen LogP contribution >= 0.6 is 0 Å². The van der Waals surface area contributed by atoms with Crippen LogP contribution in [-0.2, 0) is 0 Å². The zero-order chi connectivity index (χ0) is 21.3. The van der Waals surface area contributed by atoms with E-state index in [4.69, 9.17) is 0 Å². The molecular weight excluding hydrogens is 378 g/mol. The maximum absolute atomic E-state index is 12.4. The molecule has 1 unspecified atom stereocenters. The third-order valence-corrected chi connectivity index (χ3v) is 4.80. The van der Waals surface area contributed by atoms with Crippen molar-refractivity contribution in [3.63, 3.8) is 0 Å². The second-order valence-electron chi connectivity index (χ2n) is 7.42. The normalized spacial score (nSPS) is 14.1. The van der Waals surface area contributed by atoms with Crippen LogP contribution in [0.1, 0.15) is 53.8 Å². The van der Waals surface area contributed by atoms with Crippen molar-refractivity contribution in [1.82, 2.24) is 16.0 Å². The van der Waals surface area contributed by atoms with Gasteiger partial charge in [0, 0.05) is 41.6 Å². The Morgan fingerprint density at radius 3 is 2.47 bits per heavy atom. The highest BCUT2D eigenvalue weighted by Crippen LogP contribution is 2.19. The van der Waals surface area contributed by atoms with Crippen molar-refractivity contribution in [2.45, 2.75) is 39.2 Å². The Morgan fingerprint density at radius 1 is 1.03 bits per heavy atom. The Kier molecular flexibility index (Phi) is 7.43. The number of nitrogens with zero attached hydrogens (tertiary/aromatic N) is 1. The zero-order valence-corrected chi connectivity index (χ0v) is 17.5. The second kappa shape index (κ2) is 10.4. The van der Waals surface area contributed by atoms with Crippen LogP contribution in [0.4, 0.5) is 11.4 Å². The molecule has 1 saturated heterocycles. The fraction of sp³-hybridized carbons (Fsp3) is 0.348. The lowest BCUT2D eigenvalue weighted by Gasteiger charge is -2.16. The lowest BCUT2D eigenvalue weighted by Crippen LogP contribution is -2.44. The van der Waals surface area contributed by atoms with Crippen LogP contribution in [-0.4, -0.2) is 36.9 Å². The number of carbonyl (C=O) groups is 2. The van der Waals surface area contributed by atoms with E-state index in [1.165, 1.54) is 0 Å². The number of carbonyl (C=O) groups excluding carboxylic acids is 2. The van der Waals surface area contributed by atoms with Gasteiger partial charge in [0.2, 0.25) is 0 Å². The minimum Gasteiger partial charge on any atom is -0.356 e. The summed E-state index contributed by atoms with van der Waals surface area (Å²) in [6.07, 6.45) is 2.99. The largest absolute Gasteiger partial charge is 0.356 e. The van der Waals surface area contributed by atoms with Gasteiger partial charge in [-0.2, -0.15) is 4.99 Å². The summed E-state index contributed by atoms with van der Waals surface area (Å²) in [4.78, 5) is 28.8. The van der Waals surface area contributed by atoms with Crippen molar-refractivity contribution < 1.29 is 9.59 Å². The Hall–Kier alpha value is -3.35. The lowest BCUT2D eigenvalue weighted by atomic mass is 10.1. The molecule has 7 heteroatoms. The van der Waals surface area contributed by atoms with Crippen molar-refractivity contribution in [2.24, 2.45) is 4.99 Å². The van der Waals surface area contributed by atoms with E-state index in [0.717, 1.165) is 43.7 Å². The summed E-state index contributed by atoms with van der Waals surface area (Å²) in [6, 6.07) is 14.6. The molecule has 7 nitrogen and oxygen atoms in total. The maximum atomic E-state index is 12.4. The van der Waals surface area contributed by atoms with Gasteiger partial charge in [0.25, 0.3) is 11.8 Å². The standard InChI is InChI=1S/C23H29N5O2/c1-3-6-16(2)26-22(30)18-7-4-8-20(15-18)27-19-11-9-17(10-12-19)21(29)28-23-24-13-5-14-25-23/h4,7-12,15-16,27H,3,5-6,13-14H2,1-2H3,(H,26,30)(H2,24,25,28,29). The van der Waals surface area contributed by atoms with Gasteiger partial charge in [0.15, 0.2) is 5.96 Å². The van der Waals surface area contributed by atoms with Crippen LogP contribution in [0.3, 0.4) is 0 Å². The fourth-order valence-corrected chi connectivity index (χ4v) is 3.22. The van der Waals surface area contributed by atoms with Crippen molar-refractivity contribution in [2.75, 3.05) is 18.4 Å². The van der Waals surface area contributed by atoms with E-state index in [1.807, 2.05) is 37.3 Å². The second-order valence-corrected chi connectivity index (χ2v) is 7.42. The fourth-order valence-electron chi connectivity index (χ4n) is 3.22. The number of hydrogen-bond donors (Lipinski definition) is 4. The number of guanidine groups is 1. The molecule has 0 bridgehead atoms. The Bertz CT molecular complexity index is 900. The first-order chi connectivity index (χ1) is 14.5. The molecular formula is C23H29N5O2. The average molecular weight is 408 g/mol. The minimum absolute atomic E-state index is 0.0791. The van der Waals surface area contributed by atoms with Gasteiger partial charge in [0.05, 0.1) is 0 Å². The third-order valence-electron chi connectivity index (χ3n) is 4.80. The SMILES string of the molecule is CCCC(C)NC(=O)c1cccc(Nc2ccc(C(=O)N=C3NCCCN3)cc2)c1. The summed E-state index contributed by atoms with van der Waals surface area (Å²) < 4.78 is 0. The molecule has 3 rings (SSSR count). The summed E-state index contributed by atoms with van der Waals surface area (Å²) >= 11 is 0. The summed E-state index contributed by atoms with van der Waals surface area (Å²) in [5.74, 6) is 0.153. The van der Waals surface area contributed by atoms with Crippen molar-refractivity contribution in [3.8, 4) is 0 Å². The molecule has 1 atom stereocenters. The third kappa shape index (κ3) is 6.07. The van der Waals surface area contributed by atoms with Crippen molar-refractivity contribution >= 4 is 29.1 Å². The van der Waals surface area contributed by atoms with Crippen molar-refractivity contribution in [3.05, 3.63) is 59.7 Å². The highest BCUT2D eigenvalue weighted by Gasteiger charge is 2.11. The van der Waals surface area contributed by atoms with Gasteiger partial charge < -0.3 is 21.3 Å². The monoisotopic (exact) mass is 407 g/mol. The Balaban J connectivity index is 1.62. The summed E-state index contributed by atoms with van der Waals surface area (Å²) in [5.41, 5.74) is 2.75. The molecule has 1 fully saturated rings. The molecule has 0 aliphatic carbocycles. The van der Waals surface area contributed by atoms with E-state index in [9.17, 15) is 9.59 Å². The molecule has 0 saturated carbocycles. The van der Waals surface area contributed by atoms with Gasteiger partial charge in [-0.1, -0.05) is 19.4 Å². The van der Waals surface area contributed by atoms with E-state index in [2.05, 4.69) is 33.2 Å². The molecule has 158 valence electrons. The number of amides is 2. The lowest BCUT2D eigenvalue weighted by molar-refractivity contribution is 0.0937. The predicted octanol–water partition coefficient (Wildman–Crippen LogP) is 3.43. The Morgan fingerprint density at radius 2 is 1.77 bits per heavy atom. The maximum Gasteiger partial charge on any atom is 0.280 e. The Labute approximate surface area is 177 Å². The van der Waals surface area contributed by atoms with E-state index < -0.39 is 0 Å². The van der Waals surface area contributed by atoms with E-state index in [0.29, 0.717) is 17.1 Å². The van der Waals surface area contributed by atoms with Gasteiger partial charge in [-0.15, -0.1) is 0 Å². The average Bonchev–Trinajstić information content (AvgIpc) is 2.75. The van der Waals surface area contributed by atoms with Gasteiger partial charge in [0.1, 0.15) is 0 Å². The number of rotatable bonds is 7. The number of aliphatic imine (C=N–C) groups is 1. The minimum atomic E-state index is -0.293. The van der Waals surface area contributed by atoms with E-state index >= 15 is 0 Å². The number of benzene rings is 2. The van der Waals surface area contributed by atoms with Crippen LogP contribution < -0.4 is 21.3 Å². The smallest absolute Gasteiger partial charge is 0.280 e. The predicted molar refractivity (Wildman–Crippen MR) is 120 cm³/mol. The number of hydrogen-bond acceptors (Lipinski definition) is 3. The molecule has 2 aromatic rings. The van der Waals surface area contributed by atoms with Crippen LogP contribution in [0.5, 0.6) is 0 Å². The molecule has 0 aromatic heterocycles. The van der Waals surface area contributed by atoms with Gasteiger partial charge >= 0.3 is 0 Å². The summed E-state index contributed by atoms with van der Waals surface area (Å²) in [6.45, 7) is 5.74. The van der Waals surface area contributed by atoms with Crippen LogP contribution in [0.2, 0.25) is 0 Å². The molecule has 2 amide bonds. The van der Waals surface area contributed by atoms with Gasteiger partial charge in [-0.3, -0.25) is 9.59 Å². The summed E-state index contributed by atoms with van der Waals surface area (Å²) in [5, 5.41) is 12.4. The molecule has 30 heavy (non-hydrogen) atoms. The molecule has 1 aliphatic heterocycles. The quantitative estimate of drug-likeness (QED) is 0.564. The van der Waals surface area contributed by atoms with E-state index in [1.54, 1.807) is 18.2 Å². The molecule has 1 aliphatic rings. The first kappa shape index (κ1) is 21.4. The molecule has 2 aromatic carbocycles. The molecule has 1 heterocycles. The molecule has 0 radical (unpaired) electrons. The first-order valence-corrected chi connectivity index (χ1v) is 10.4. The number of anilines is 2. The van der Waals surface area contributed by atoms with Crippen LogP contribution in [0.15, 0.2) is 53.5 Å². The van der Waals surface area contributed by atoms with E-state index in [-0.39, 0.29) is 17.9 Å².